The van der Waals surface area contributed by atoms with E-state index in [1.54, 1.807) is 25.3 Å². The lowest BCUT2D eigenvalue weighted by atomic mass is 10.1. The van der Waals surface area contributed by atoms with Gasteiger partial charge in [-0.05, 0) is 43.0 Å². The van der Waals surface area contributed by atoms with Crippen molar-refractivity contribution < 1.29 is 18.9 Å². The molecule has 0 aliphatic heterocycles. The number of carbonyl (C=O) groups is 1. The van der Waals surface area contributed by atoms with Crippen molar-refractivity contribution in [1.82, 2.24) is 0 Å². The fourth-order valence-electron chi connectivity index (χ4n) is 2.49. The monoisotopic (exact) mass is 371 g/mol. The highest BCUT2D eigenvalue weighted by Crippen LogP contribution is 2.29. The minimum Gasteiger partial charge on any atom is -0.423 e. The minimum absolute atomic E-state index is 0.0558. The first-order valence-corrected chi connectivity index (χ1v) is 8.70. The molecule has 0 saturated heterocycles. The van der Waals surface area contributed by atoms with Gasteiger partial charge in [-0.2, -0.15) is 0 Å². The molecular weight excluding hydrogens is 358 g/mol. The van der Waals surface area contributed by atoms with Crippen molar-refractivity contribution in [2.45, 2.75) is 11.8 Å². The molecule has 8 heteroatoms. The van der Waals surface area contributed by atoms with Crippen molar-refractivity contribution in [2.24, 2.45) is 0 Å². The summed E-state index contributed by atoms with van der Waals surface area (Å²) in [4.78, 5) is 34.8. The van der Waals surface area contributed by atoms with Gasteiger partial charge in [0.15, 0.2) is 0 Å². The van der Waals surface area contributed by atoms with Crippen LogP contribution >= 0.6 is 11.8 Å². The topological polar surface area (TPSA) is 99.7 Å². The summed E-state index contributed by atoms with van der Waals surface area (Å²) in [5, 5.41) is 11.8. The van der Waals surface area contributed by atoms with Gasteiger partial charge >= 0.3 is 11.6 Å². The molecule has 26 heavy (non-hydrogen) atoms. The van der Waals surface area contributed by atoms with E-state index in [1.807, 2.05) is 0 Å². The van der Waals surface area contributed by atoms with Gasteiger partial charge in [0.05, 0.1) is 15.4 Å². The number of rotatable bonds is 4. The Hall–Kier alpha value is -3.13. The van der Waals surface area contributed by atoms with E-state index in [9.17, 15) is 19.7 Å². The minimum atomic E-state index is -0.741. The molecule has 0 N–H and O–H groups in total. The van der Waals surface area contributed by atoms with Crippen molar-refractivity contribution in [1.29, 1.82) is 0 Å². The number of esters is 1. The molecule has 2 aromatic carbocycles. The lowest BCUT2D eigenvalue weighted by molar-refractivity contribution is -0.387. The molecule has 0 fully saturated rings. The van der Waals surface area contributed by atoms with Crippen molar-refractivity contribution in [3.05, 3.63) is 74.1 Å². The Morgan fingerprint density at radius 2 is 1.96 bits per heavy atom. The zero-order valence-corrected chi connectivity index (χ0v) is 14.7. The fourth-order valence-corrected chi connectivity index (χ4v) is 3.04. The summed E-state index contributed by atoms with van der Waals surface area (Å²) < 4.78 is 10.4. The molecule has 0 aliphatic carbocycles. The second kappa shape index (κ2) is 7.01. The number of fused-ring (bicyclic) bond motifs is 1. The summed E-state index contributed by atoms with van der Waals surface area (Å²) in [6, 6.07) is 10.2. The normalized spacial score (nSPS) is 10.7. The first-order chi connectivity index (χ1) is 12.4. The highest BCUT2D eigenvalue weighted by Gasteiger charge is 2.18. The molecule has 7 nitrogen and oxygen atoms in total. The van der Waals surface area contributed by atoms with Gasteiger partial charge in [0, 0.05) is 23.6 Å². The molecule has 0 radical (unpaired) electrons. The van der Waals surface area contributed by atoms with Crippen molar-refractivity contribution >= 4 is 34.4 Å². The number of ether oxygens (including phenoxy) is 1. The molecule has 1 heterocycles. The summed E-state index contributed by atoms with van der Waals surface area (Å²) in [6.07, 6.45) is 1.71. The van der Waals surface area contributed by atoms with E-state index >= 15 is 0 Å². The number of nitro benzene ring substituents is 1. The largest absolute Gasteiger partial charge is 0.423 e. The van der Waals surface area contributed by atoms with Crippen LogP contribution < -0.4 is 10.4 Å². The lowest BCUT2D eigenvalue weighted by Crippen LogP contribution is -2.09. The molecule has 0 unspecified atom stereocenters. The lowest BCUT2D eigenvalue weighted by Gasteiger charge is -2.07. The Balaban J connectivity index is 1.93. The number of hydrogen-bond donors (Lipinski definition) is 0. The summed E-state index contributed by atoms with van der Waals surface area (Å²) in [7, 11) is 0. The molecule has 1 aromatic heterocycles. The second-order valence-electron chi connectivity index (χ2n) is 5.44. The quantitative estimate of drug-likeness (QED) is 0.171. The molecule has 0 saturated carbocycles. The van der Waals surface area contributed by atoms with E-state index < -0.39 is 16.5 Å². The Morgan fingerprint density at radius 1 is 1.19 bits per heavy atom. The maximum atomic E-state index is 12.3. The van der Waals surface area contributed by atoms with E-state index in [0.29, 0.717) is 10.5 Å². The zero-order chi connectivity index (χ0) is 18.8. The standard InChI is InChI=1S/C18H13NO6S/c1-10-7-17(20)25-15-9-12(4-5-13(10)15)24-18(21)11-3-6-16(26-2)14(8-11)19(22)23/h3-9H,1-2H3. The predicted molar refractivity (Wildman–Crippen MR) is 97.1 cm³/mol. The predicted octanol–water partition coefficient (Wildman–Crippen LogP) is 3.95. The Morgan fingerprint density at radius 3 is 2.65 bits per heavy atom. The molecule has 0 atom stereocenters. The van der Waals surface area contributed by atoms with E-state index in [0.717, 1.165) is 10.9 Å². The third-order valence-corrected chi connectivity index (χ3v) is 4.53. The summed E-state index contributed by atoms with van der Waals surface area (Å²) in [5.74, 6) is -0.567. The van der Waals surface area contributed by atoms with Crippen molar-refractivity contribution in [2.75, 3.05) is 6.26 Å². The molecule has 3 rings (SSSR count). The maximum Gasteiger partial charge on any atom is 0.343 e. The van der Waals surface area contributed by atoms with Crippen LogP contribution in [0.1, 0.15) is 15.9 Å². The van der Waals surface area contributed by atoms with Crippen molar-refractivity contribution in [3.8, 4) is 5.75 Å². The van der Waals surface area contributed by atoms with Gasteiger partial charge in [0.1, 0.15) is 11.3 Å². The van der Waals surface area contributed by atoms with Crippen LogP contribution in [-0.2, 0) is 0 Å². The molecule has 0 aliphatic rings. The van der Waals surface area contributed by atoms with Crippen LogP contribution in [0.4, 0.5) is 5.69 Å². The van der Waals surface area contributed by atoms with Gasteiger partial charge in [0.2, 0.25) is 0 Å². The van der Waals surface area contributed by atoms with Crippen LogP contribution in [0.5, 0.6) is 5.75 Å². The van der Waals surface area contributed by atoms with Crippen LogP contribution in [0.25, 0.3) is 11.0 Å². The first kappa shape index (κ1) is 17.7. The summed E-state index contributed by atoms with van der Waals surface area (Å²) >= 11 is 1.22. The van der Waals surface area contributed by atoms with Gasteiger partial charge in [-0.3, -0.25) is 10.1 Å². The highest BCUT2D eigenvalue weighted by molar-refractivity contribution is 7.98. The van der Waals surface area contributed by atoms with E-state index in [2.05, 4.69) is 0 Å². The average molecular weight is 371 g/mol. The van der Waals surface area contributed by atoms with Crippen LogP contribution in [0.2, 0.25) is 0 Å². The van der Waals surface area contributed by atoms with Crippen LogP contribution in [0, 0.1) is 17.0 Å². The van der Waals surface area contributed by atoms with E-state index in [1.165, 1.54) is 42.1 Å². The van der Waals surface area contributed by atoms with Gasteiger partial charge in [-0.1, -0.05) is 0 Å². The van der Waals surface area contributed by atoms with Crippen molar-refractivity contribution in [3.63, 3.8) is 0 Å². The van der Waals surface area contributed by atoms with Gasteiger partial charge in [-0.15, -0.1) is 11.8 Å². The molecule has 0 bridgehead atoms. The number of thioether (sulfide) groups is 1. The number of hydrogen-bond acceptors (Lipinski definition) is 7. The second-order valence-corrected chi connectivity index (χ2v) is 6.29. The Labute approximate surface area is 151 Å². The van der Waals surface area contributed by atoms with E-state index in [4.69, 9.17) is 9.15 Å². The molecule has 3 aromatic rings. The highest BCUT2D eigenvalue weighted by atomic mass is 32.2. The third-order valence-electron chi connectivity index (χ3n) is 3.74. The summed E-state index contributed by atoms with van der Waals surface area (Å²) in [5.41, 5.74) is 0.440. The first-order valence-electron chi connectivity index (χ1n) is 7.48. The van der Waals surface area contributed by atoms with Crippen LogP contribution in [0.3, 0.4) is 0 Å². The number of benzene rings is 2. The molecular formula is C18H13NO6S. The zero-order valence-electron chi connectivity index (χ0n) is 13.8. The van der Waals surface area contributed by atoms with Gasteiger partial charge in [-0.25, -0.2) is 9.59 Å². The van der Waals surface area contributed by atoms with E-state index in [-0.39, 0.29) is 17.0 Å². The third kappa shape index (κ3) is 3.45. The SMILES string of the molecule is CSc1ccc(C(=O)Oc2ccc3c(C)cc(=O)oc3c2)cc1[N+](=O)[O-]. The number of carbonyl (C=O) groups excluding carboxylic acids is 1. The van der Waals surface area contributed by atoms with Gasteiger partial charge in [0.25, 0.3) is 5.69 Å². The average Bonchev–Trinajstić information content (AvgIpc) is 2.60. The molecule has 0 amide bonds. The number of nitro groups is 1. The fraction of sp³-hybridized carbons (Fsp3) is 0.111. The Bertz CT molecular complexity index is 1090. The van der Waals surface area contributed by atoms with Crippen LogP contribution in [0.15, 0.2) is 56.6 Å². The number of nitrogens with zero attached hydrogens (tertiary/aromatic N) is 1. The number of aryl methyl sites for hydroxylation is 1. The maximum absolute atomic E-state index is 12.3. The molecule has 132 valence electrons. The summed E-state index contributed by atoms with van der Waals surface area (Å²) in [6.45, 7) is 1.78. The smallest absolute Gasteiger partial charge is 0.343 e. The van der Waals surface area contributed by atoms with Gasteiger partial charge < -0.3 is 9.15 Å². The molecule has 0 spiro atoms. The van der Waals surface area contributed by atoms with Crippen LogP contribution in [-0.4, -0.2) is 17.1 Å². The Kier molecular flexibility index (Phi) is 4.77.